The van der Waals surface area contributed by atoms with Crippen molar-refractivity contribution in [3.05, 3.63) is 56.2 Å². The number of aryl methyl sites for hydroxylation is 1. The lowest BCUT2D eigenvalue weighted by atomic mass is 10.0. The molecule has 102 valence electrons. The molecule has 1 aromatic carbocycles. The van der Waals surface area contributed by atoms with Crippen LogP contribution in [0.2, 0.25) is 4.34 Å². The van der Waals surface area contributed by atoms with Gasteiger partial charge in [0.05, 0.1) is 10.4 Å². The van der Waals surface area contributed by atoms with E-state index in [9.17, 15) is 8.78 Å². The number of benzene rings is 1. The summed E-state index contributed by atoms with van der Waals surface area (Å²) in [5.74, 6) is -1.07. The predicted octanol–water partition coefficient (Wildman–Crippen LogP) is 4.69. The minimum atomic E-state index is -0.543. The minimum absolute atomic E-state index is 0.304. The first-order chi connectivity index (χ1) is 9.02. The fourth-order valence-electron chi connectivity index (χ4n) is 1.95. The van der Waals surface area contributed by atoms with Crippen molar-refractivity contribution in [3.63, 3.8) is 0 Å². The third kappa shape index (κ3) is 3.14. The molecule has 1 atom stereocenters. The molecular weight excluding hydrogens is 288 g/mol. The van der Waals surface area contributed by atoms with E-state index in [1.54, 1.807) is 19.1 Å². The average Bonchev–Trinajstić information content (AvgIpc) is 2.78. The van der Waals surface area contributed by atoms with E-state index < -0.39 is 11.6 Å². The molecule has 1 nitrogen and oxygen atoms in total. The van der Waals surface area contributed by atoms with Crippen molar-refractivity contribution in [3.8, 4) is 0 Å². The van der Waals surface area contributed by atoms with Gasteiger partial charge >= 0.3 is 0 Å². The molecule has 0 saturated carbocycles. The normalized spacial score (nSPS) is 12.7. The number of halogens is 3. The van der Waals surface area contributed by atoms with E-state index in [0.717, 1.165) is 10.9 Å². The highest BCUT2D eigenvalue weighted by Crippen LogP contribution is 2.33. The molecule has 1 unspecified atom stereocenters. The fourth-order valence-corrected chi connectivity index (χ4v) is 3.11. The van der Waals surface area contributed by atoms with Gasteiger partial charge in [0.15, 0.2) is 0 Å². The van der Waals surface area contributed by atoms with E-state index in [0.29, 0.717) is 22.0 Å². The summed E-state index contributed by atoms with van der Waals surface area (Å²) < 4.78 is 28.0. The predicted molar refractivity (Wildman–Crippen MR) is 75.9 cm³/mol. The third-order valence-electron chi connectivity index (χ3n) is 2.88. The Morgan fingerprint density at radius 3 is 2.58 bits per heavy atom. The smallest absolute Gasteiger partial charge is 0.131 e. The molecule has 1 heterocycles. The zero-order valence-electron chi connectivity index (χ0n) is 10.6. The second kappa shape index (κ2) is 5.99. The summed E-state index contributed by atoms with van der Waals surface area (Å²) in [5, 5.41) is 3.21. The van der Waals surface area contributed by atoms with Crippen molar-refractivity contribution in [1.29, 1.82) is 0 Å². The first-order valence-corrected chi connectivity index (χ1v) is 7.16. The van der Waals surface area contributed by atoms with Crippen LogP contribution in [0.3, 0.4) is 0 Å². The molecule has 0 bridgehead atoms. The van der Waals surface area contributed by atoms with Crippen LogP contribution in [-0.2, 0) is 0 Å². The minimum Gasteiger partial charge on any atom is -0.306 e. The van der Waals surface area contributed by atoms with E-state index in [4.69, 9.17) is 11.6 Å². The molecule has 5 heteroatoms. The number of hydrogen-bond donors (Lipinski definition) is 1. The van der Waals surface area contributed by atoms with E-state index in [1.165, 1.54) is 11.3 Å². The summed E-state index contributed by atoms with van der Waals surface area (Å²) in [7, 11) is 0. The van der Waals surface area contributed by atoms with Crippen LogP contribution in [0.1, 0.15) is 29.0 Å². The zero-order chi connectivity index (χ0) is 14.0. The van der Waals surface area contributed by atoms with Crippen molar-refractivity contribution in [2.75, 3.05) is 6.54 Å². The van der Waals surface area contributed by atoms with Gasteiger partial charge in [-0.1, -0.05) is 18.5 Å². The van der Waals surface area contributed by atoms with E-state index >= 15 is 0 Å². The molecule has 0 saturated heterocycles. The lowest BCUT2D eigenvalue weighted by Gasteiger charge is -2.18. The largest absolute Gasteiger partial charge is 0.306 e. The second-order valence-electron chi connectivity index (χ2n) is 4.26. The topological polar surface area (TPSA) is 12.0 Å². The standard InChI is InChI=1S/C14H14ClF2NS/c1-3-18-14(12-4-5-13(15)19-12)9-6-8(2)10(16)7-11(9)17/h4-7,14,18H,3H2,1-2H3. The lowest BCUT2D eigenvalue weighted by Crippen LogP contribution is -2.22. The van der Waals surface area contributed by atoms with Gasteiger partial charge in [-0.3, -0.25) is 0 Å². The summed E-state index contributed by atoms with van der Waals surface area (Å²) in [6.45, 7) is 4.25. The van der Waals surface area contributed by atoms with Gasteiger partial charge in [-0.05, 0) is 37.2 Å². The molecule has 2 rings (SSSR count). The molecule has 0 aliphatic rings. The SMILES string of the molecule is CCNC(c1ccc(Cl)s1)c1cc(C)c(F)cc1F. The van der Waals surface area contributed by atoms with E-state index in [-0.39, 0.29) is 6.04 Å². The Kier molecular flexibility index (Phi) is 4.55. The Morgan fingerprint density at radius 1 is 1.26 bits per heavy atom. The maximum absolute atomic E-state index is 14.0. The van der Waals surface area contributed by atoms with Crippen molar-refractivity contribution in [2.45, 2.75) is 19.9 Å². The van der Waals surface area contributed by atoms with Gasteiger partial charge in [-0.15, -0.1) is 11.3 Å². The first-order valence-electron chi connectivity index (χ1n) is 5.97. The van der Waals surface area contributed by atoms with Crippen molar-refractivity contribution in [2.24, 2.45) is 0 Å². The second-order valence-corrected chi connectivity index (χ2v) is 6.00. The number of thiophene rings is 1. The molecule has 2 aromatic rings. The van der Waals surface area contributed by atoms with Crippen LogP contribution in [0.5, 0.6) is 0 Å². The summed E-state index contributed by atoms with van der Waals surface area (Å²) in [6, 6.07) is 5.82. The molecule has 0 spiro atoms. The molecule has 1 N–H and O–H groups in total. The number of hydrogen-bond acceptors (Lipinski definition) is 2. The molecule has 0 aliphatic carbocycles. The van der Waals surface area contributed by atoms with Gasteiger partial charge in [-0.25, -0.2) is 8.78 Å². The lowest BCUT2D eigenvalue weighted by molar-refractivity contribution is 0.540. The van der Waals surface area contributed by atoms with Crippen LogP contribution in [0.15, 0.2) is 24.3 Å². The first kappa shape index (κ1) is 14.4. The maximum Gasteiger partial charge on any atom is 0.131 e. The molecule has 0 aliphatic heterocycles. The monoisotopic (exact) mass is 301 g/mol. The van der Waals surface area contributed by atoms with Crippen LogP contribution in [0.4, 0.5) is 8.78 Å². The summed E-state index contributed by atoms with van der Waals surface area (Å²) in [6.07, 6.45) is 0. The highest BCUT2D eigenvalue weighted by atomic mass is 35.5. The number of rotatable bonds is 4. The van der Waals surface area contributed by atoms with E-state index in [2.05, 4.69) is 5.32 Å². The van der Waals surface area contributed by atoms with Crippen molar-refractivity contribution < 1.29 is 8.78 Å². The van der Waals surface area contributed by atoms with Crippen molar-refractivity contribution >= 4 is 22.9 Å². The Labute approximate surface area is 120 Å². The molecule has 0 fully saturated rings. The van der Waals surface area contributed by atoms with Crippen LogP contribution in [0.25, 0.3) is 0 Å². The Bertz CT molecular complexity index is 583. The van der Waals surface area contributed by atoms with E-state index in [1.807, 2.05) is 13.0 Å². The third-order valence-corrected chi connectivity index (χ3v) is 4.17. The van der Waals surface area contributed by atoms with Crippen LogP contribution < -0.4 is 5.32 Å². The summed E-state index contributed by atoms with van der Waals surface area (Å²) in [4.78, 5) is 0.914. The molecule has 19 heavy (non-hydrogen) atoms. The molecule has 1 aromatic heterocycles. The Morgan fingerprint density at radius 2 is 2.00 bits per heavy atom. The zero-order valence-corrected chi connectivity index (χ0v) is 12.2. The number of nitrogens with one attached hydrogen (secondary N) is 1. The van der Waals surface area contributed by atoms with Gasteiger partial charge < -0.3 is 5.32 Å². The van der Waals surface area contributed by atoms with Crippen molar-refractivity contribution in [1.82, 2.24) is 5.32 Å². The molecular formula is C14H14ClF2NS. The van der Waals surface area contributed by atoms with Gasteiger partial charge in [0.1, 0.15) is 11.6 Å². The van der Waals surface area contributed by atoms with Gasteiger partial charge in [-0.2, -0.15) is 0 Å². The van der Waals surface area contributed by atoms with Crippen LogP contribution in [-0.4, -0.2) is 6.54 Å². The maximum atomic E-state index is 14.0. The molecule has 0 radical (unpaired) electrons. The highest BCUT2D eigenvalue weighted by molar-refractivity contribution is 7.16. The van der Waals surface area contributed by atoms with Gasteiger partial charge in [0, 0.05) is 16.5 Å². The van der Waals surface area contributed by atoms with Crippen LogP contribution in [0, 0.1) is 18.6 Å². The average molecular weight is 302 g/mol. The Hall–Kier alpha value is -0.970. The summed E-state index contributed by atoms with van der Waals surface area (Å²) >= 11 is 7.32. The van der Waals surface area contributed by atoms with Crippen LogP contribution >= 0.6 is 22.9 Å². The summed E-state index contributed by atoms with van der Waals surface area (Å²) in [5.41, 5.74) is 0.876. The Balaban J connectivity index is 2.47. The highest BCUT2D eigenvalue weighted by Gasteiger charge is 2.20. The molecule has 0 amide bonds. The van der Waals surface area contributed by atoms with Gasteiger partial charge in [0.2, 0.25) is 0 Å². The van der Waals surface area contributed by atoms with Gasteiger partial charge in [0.25, 0.3) is 0 Å². The fraction of sp³-hybridized carbons (Fsp3) is 0.286. The quantitative estimate of drug-likeness (QED) is 0.864.